The number of halogens is 1. The number of aryl methyl sites for hydroxylation is 1. The number of benzene rings is 2. The lowest BCUT2D eigenvalue weighted by Crippen LogP contribution is -2.43. The van der Waals surface area contributed by atoms with Crippen molar-refractivity contribution in [1.29, 1.82) is 0 Å². The standard InChI is InChI=1S/C23H28N4O2S.ClH/c1-17-5-4-6-20-21(17)24-23(30-20)27(12-11-26-13-15-29-16-14-26)22(28)18-7-9-19(10-8-18)25(2)3;/h4-10H,11-16H2,1-3H3;1H. The number of thiazole rings is 1. The highest BCUT2D eigenvalue weighted by molar-refractivity contribution is 7.22. The number of para-hydroxylation sites is 1. The Kier molecular flexibility index (Phi) is 7.89. The van der Waals surface area contributed by atoms with Crippen molar-refractivity contribution < 1.29 is 9.53 Å². The molecular formula is C23H29ClN4O2S. The van der Waals surface area contributed by atoms with Crippen molar-refractivity contribution in [3.63, 3.8) is 0 Å². The van der Waals surface area contributed by atoms with Gasteiger partial charge >= 0.3 is 0 Å². The highest BCUT2D eigenvalue weighted by Crippen LogP contribution is 2.31. The Labute approximate surface area is 193 Å². The number of nitrogens with zero attached hydrogens (tertiary/aromatic N) is 4. The molecule has 0 aliphatic carbocycles. The Morgan fingerprint density at radius 1 is 1.13 bits per heavy atom. The summed E-state index contributed by atoms with van der Waals surface area (Å²) in [6.07, 6.45) is 0. The number of amides is 1. The van der Waals surface area contributed by atoms with Gasteiger partial charge in [-0.15, -0.1) is 12.4 Å². The summed E-state index contributed by atoms with van der Waals surface area (Å²) in [5.74, 6) is -0.00900. The molecule has 8 heteroatoms. The van der Waals surface area contributed by atoms with E-state index in [2.05, 4.69) is 24.0 Å². The van der Waals surface area contributed by atoms with Crippen LogP contribution >= 0.6 is 23.7 Å². The fraction of sp³-hybridized carbons (Fsp3) is 0.391. The first kappa shape index (κ1) is 23.5. The summed E-state index contributed by atoms with van der Waals surface area (Å²) in [4.78, 5) is 24.5. The van der Waals surface area contributed by atoms with E-state index in [0.29, 0.717) is 12.1 Å². The smallest absolute Gasteiger partial charge is 0.260 e. The fourth-order valence-corrected chi connectivity index (χ4v) is 4.67. The maximum atomic E-state index is 13.5. The van der Waals surface area contributed by atoms with Gasteiger partial charge in [0.1, 0.15) is 0 Å². The number of rotatable bonds is 6. The summed E-state index contributed by atoms with van der Waals surface area (Å²) in [7, 11) is 3.99. The molecule has 2 aromatic carbocycles. The molecule has 1 saturated heterocycles. The fourth-order valence-electron chi connectivity index (χ4n) is 3.60. The zero-order valence-electron chi connectivity index (χ0n) is 18.2. The number of carbonyl (C=O) groups excluding carboxylic acids is 1. The quantitative estimate of drug-likeness (QED) is 0.555. The van der Waals surface area contributed by atoms with Gasteiger partial charge in [-0.2, -0.15) is 0 Å². The summed E-state index contributed by atoms with van der Waals surface area (Å²) >= 11 is 1.58. The molecule has 1 aromatic heterocycles. The van der Waals surface area contributed by atoms with Crippen LogP contribution in [0.25, 0.3) is 10.2 Å². The lowest BCUT2D eigenvalue weighted by molar-refractivity contribution is 0.0391. The van der Waals surface area contributed by atoms with Gasteiger partial charge < -0.3 is 9.64 Å². The van der Waals surface area contributed by atoms with E-state index in [1.165, 1.54) is 0 Å². The predicted octanol–water partition coefficient (Wildman–Crippen LogP) is 4.07. The molecule has 0 bridgehead atoms. The highest BCUT2D eigenvalue weighted by Gasteiger charge is 2.23. The molecule has 166 valence electrons. The number of aromatic nitrogens is 1. The van der Waals surface area contributed by atoms with Gasteiger partial charge in [0.25, 0.3) is 5.91 Å². The van der Waals surface area contributed by atoms with Gasteiger partial charge in [0.15, 0.2) is 5.13 Å². The van der Waals surface area contributed by atoms with Crippen molar-refractivity contribution in [2.24, 2.45) is 0 Å². The number of hydrogen-bond acceptors (Lipinski definition) is 6. The van der Waals surface area contributed by atoms with Gasteiger partial charge in [-0.25, -0.2) is 4.98 Å². The Morgan fingerprint density at radius 3 is 2.48 bits per heavy atom. The first-order valence-electron chi connectivity index (χ1n) is 10.3. The van der Waals surface area contributed by atoms with Crippen molar-refractivity contribution in [2.75, 3.05) is 63.3 Å². The normalized spacial score (nSPS) is 14.3. The molecule has 0 radical (unpaired) electrons. The van der Waals surface area contributed by atoms with Crippen molar-refractivity contribution in [3.8, 4) is 0 Å². The molecule has 6 nitrogen and oxygen atoms in total. The van der Waals surface area contributed by atoms with Crippen LogP contribution in [0.15, 0.2) is 42.5 Å². The van der Waals surface area contributed by atoms with Gasteiger partial charge in [0.2, 0.25) is 0 Å². The van der Waals surface area contributed by atoms with Crippen LogP contribution in [-0.4, -0.2) is 69.3 Å². The van der Waals surface area contributed by atoms with Crippen LogP contribution in [-0.2, 0) is 4.74 Å². The molecule has 0 saturated carbocycles. The monoisotopic (exact) mass is 460 g/mol. The summed E-state index contributed by atoms with van der Waals surface area (Å²) in [5, 5.41) is 0.759. The second-order valence-electron chi connectivity index (χ2n) is 7.77. The van der Waals surface area contributed by atoms with E-state index in [0.717, 1.165) is 59.4 Å². The van der Waals surface area contributed by atoms with Gasteiger partial charge in [-0.05, 0) is 42.8 Å². The minimum Gasteiger partial charge on any atom is -0.379 e. The Balaban J connectivity index is 0.00000272. The van der Waals surface area contributed by atoms with Crippen molar-refractivity contribution in [2.45, 2.75) is 6.92 Å². The molecule has 3 aromatic rings. The van der Waals surface area contributed by atoms with Crippen LogP contribution in [0.4, 0.5) is 10.8 Å². The predicted molar refractivity (Wildman–Crippen MR) is 131 cm³/mol. The molecule has 2 heterocycles. The third kappa shape index (κ3) is 5.36. The SMILES string of the molecule is Cc1cccc2sc(N(CCN3CCOCC3)C(=O)c3ccc(N(C)C)cc3)nc12.Cl. The number of morpholine rings is 1. The summed E-state index contributed by atoms with van der Waals surface area (Å²) in [6, 6.07) is 13.9. The molecule has 4 rings (SSSR count). The van der Waals surface area contributed by atoms with Crippen molar-refractivity contribution in [1.82, 2.24) is 9.88 Å². The molecule has 1 aliphatic heterocycles. The molecule has 0 atom stereocenters. The molecule has 1 fully saturated rings. The topological polar surface area (TPSA) is 48.9 Å². The average molecular weight is 461 g/mol. The Morgan fingerprint density at radius 2 is 1.84 bits per heavy atom. The minimum absolute atomic E-state index is 0. The van der Waals surface area contributed by atoms with E-state index in [-0.39, 0.29) is 18.3 Å². The number of hydrogen-bond donors (Lipinski definition) is 0. The first-order valence-corrected chi connectivity index (χ1v) is 11.1. The summed E-state index contributed by atoms with van der Waals surface area (Å²) in [6.45, 7) is 6.77. The summed E-state index contributed by atoms with van der Waals surface area (Å²) < 4.78 is 6.56. The molecule has 31 heavy (non-hydrogen) atoms. The number of anilines is 2. The van der Waals surface area contributed by atoms with E-state index < -0.39 is 0 Å². The van der Waals surface area contributed by atoms with E-state index in [1.54, 1.807) is 11.3 Å². The third-order valence-electron chi connectivity index (χ3n) is 5.46. The zero-order valence-corrected chi connectivity index (χ0v) is 19.8. The number of carbonyl (C=O) groups is 1. The number of ether oxygens (including phenoxy) is 1. The van der Waals surface area contributed by atoms with E-state index in [1.807, 2.05) is 54.2 Å². The van der Waals surface area contributed by atoms with E-state index in [9.17, 15) is 4.79 Å². The highest BCUT2D eigenvalue weighted by atomic mass is 35.5. The lowest BCUT2D eigenvalue weighted by Gasteiger charge is -2.29. The first-order chi connectivity index (χ1) is 14.5. The molecule has 1 amide bonds. The minimum atomic E-state index is -0.00900. The van der Waals surface area contributed by atoms with Crippen LogP contribution in [0.2, 0.25) is 0 Å². The van der Waals surface area contributed by atoms with Gasteiger partial charge in [-0.1, -0.05) is 23.5 Å². The van der Waals surface area contributed by atoms with Crippen LogP contribution in [0.5, 0.6) is 0 Å². The second-order valence-corrected chi connectivity index (χ2v) is 8.78. The van der Waals surface area contributed by atoms with E-state index >= 15 is 0 Å². The van der Waals surface area contributed by atoms with Gasteiger partial charge in [0.05, 0.1) is 23.4 Å². The van der Waals surface area contributed by atoms with Crippen LogP contribution in [0, 0.1) is 6.92 Å². The molecule has 0 spiro atoms. The van der Waals surface area contributed by atoms with Crippen LogP contribution in [0.3, 0.4) is 0 Å². The Hall–Kier alpha value is -2.19. The number of fused-ring (bicyclic) bond motifs is 1. The Bertz CT molecular complexity index is 1020. The lowest BCUT2D eigenvalue weighted by atomic mass is 10.1. The molecular weight excluding hydrogens is 432 g/mol. The third-order valence-corrected chi connectivity index (χ3v) is 6.50. The summed E-state index contributed by atoms with van der Waals surface area (Å²) in [5.41, 5.74) is 3.86. The van der Waals surface area contributed by atoms with Gasteiger partial charge in [0, 0.05) is 51.5 Å². The van der Waals surface area contributed by atoms with Gasteiger partial charge in [-0.3, -0.25) is 14.6 Å². The molecule has 0 N–H and O–H groups in total. The largest absolute Gasteiger partial charge is 0.379 e. The second kappa shape index (κ2) is 10.4. The average Bonchev–Trinajstić information content (AvgIpc) is 3.20. The van der Waals surface area contributed by atoms with Crippen molar-refractivity contribution >= 4 is 50.7 Å². The van der Waals surface area contributed by atoms with Crippen LogP contribution < -0.4 is 9.80 Å². The maximum absolute atomic E-state index is 13.5. The zero-order chi connectivity index (χ0) is 21.1. The maximum Gasteiger partial charge on any atom is 0.260 e. The van der Waals surface area contributed by atoms with Crippen molar-refractivity contribution in [3.05, 3.63) is 53.6 Å². The molecule has 1 aliphatic rings. The van der Waals surface area contributed by atoms with E-state index in [4.69, 9.17) is 9.72 Å². The molecule has 0 unspecified atom stereocenters. The van der Waals surface area contributed by atoms with Crippen LogP contribution in [0.1, 0.15) is 15.9 Å².